The molecule has 0 saturated heterocycles. The molecule has 19 heavy (non-hydrogen) atoms. The molecular weight excluding hydrogens is 313 g/mol. The monoisotopic (exact) mass is 323 g/mol. The Morgan fingerprint density at radius 2 is 2.16 bits per heavy atom. The minimum atomic E-state index is -0.420. The quantitative estimate of drug-likeness (QED) is 0.912. The first-order valence-electron chi connectivity index (χ1n) is 5.51. The number of anilines is 1. The summed E-state index contributed by atoms with van der Waals surface area (Å²) in [5, 5.41) is 2.62. The van der Waals surface area contributed by atoms with Gasteiger partial charge in [0.2, 0.25) is 0 Å². The largest absolute Gasteiger partial charge is 0.325 e. The van der Waals surface area contributed by atoms with E-state index in [-0.39, 0.29) is 12.5 Å². The van der Waals surface area contributed by atoms with E-state index in [4.69, 9.17) is 5.73 Å². The number of rotatable bonds is 3. The molecule has 98 valence electrons. The first-order valence-corrected chi connectivity index (χ1v) is 6.31. The molecule has 1 amide bonds. The smallest absolute Gasteiger partial charge is 0.255 e. The average Bonchev–Trinajstić information content (AvgIpc) is 2.43. The zero-order chi connectivity index (χ0) is 13.8. The number of carbonyl (C=O) groups is 1. The summed E-state index contributed by atoms with van der Waals surface area (Å²) >= 11 is 3.25. The van der Waals surface area contributed by atoms with Gasteiger partial charge in [0.25, 0.3) is 5.91 Å². The van der Waals surface area contributed by atoms with Crippen molar-refractivity contribution in [2.45, 2.75) is 6.54 Å². The van der Waals surface area contributed by atoms with Gasteiger partial charge in [-0.2, -0.15) is 0 Å². The summed E-state index contributed by atoms with van der Waals surface area (Å²) in [5.74, 6) is -0.765. The fraction of sp³-hybridized carbons (Fsp3) is 0.0769. The number of benzene rings is 1. The van der Waals surface area contributed by atoms with Gasteiger partial charge in [-0.25, -0.2) is 4.39 Å². The number of hydrogen-bond donors (Lipinski definition) is 2. The van der Waals surface area contributed by atoms with Crippen LogP contribution >= 0.6 is 15.9 Å². The summed E-state index contributed by atoms with van der Waals surface area (Å²) in [6.45, 7) is 0.255. The molecule has 0 spiro atoms. The van der Waals surface area contributed by atoms with Gasteiger partial charge in [-0.15, -0.1) is 0 Å². The number of halogens is 2. The van der Waals surface area contributed by atoms with E-state index in [0.717, 1.165) is 0 Å². The van der Waals surface area contributed by atoms with Crippen molar-refractivity contribution in [2.24, 2.45) is 5.73 Å². The van der Waals surface area contributed by atoms with Crippen LogP contribution in [-0.4, -0.2) is 10.9 Å². The molecule has 0 aliphatic heterocycles. The van der Waals surface area contributed by atoms with Crippen LogP contribution in [0.3, 0.4) is 0 Å². The minimum Gasteiger partial charge on any atom is -0.325 e. The van der Waals surface area contributed by atoms with E-state index in [1.807, 2.05) is 0 Å². The van der Waals surface area contributed by atoms with Gasteiger partial charge in [0.05, 0.1) is 11.4 Å². The maximum atomic E-state index is 13.1. The fourth-order valence-corrected chi connectivity index (χ4v) is 1.86. The Hall–Kier alpha value is -1.79. The van der Waals surface area contributed by atoms with E-state index in [9.17, 15) is 9.18 Å². The van der Waals surface area contributed by atoms with Crippen molar-refractivity contribution < 1.29 is 9.18 Å². The number of nitrogens with zero attached hydrogens (tertiary/aromatic N) is 1. The highest BCUT2D eigenvalue weighted by molar-refractivity contribution is 9.10. The molecule has 0 saturated carbocycles. The van der Waals surface area contributed by atoms with Gasteiger partial charge < -0.3 is 11.1 Å². The number of aromatic nitrogens is 1. The fourth-order valence-electron chi connectivity index (χ4n) is 1.52. The van der Waals surface area contributed by atoms with Crippen molar-refractivity contribution in [3.63, 3.8) is 0 Å². The SMILES string of the molecule is NCc1cc(C(=O)Nc2cc(F)ccc2Br)ccn1. The predicted octanol–water partition coefficient (Wildman–Crippen LogP) is 2.69. The molecule has 0 atom stereocenters. The Bertz CT molecular complexity index is 619. The molecule has 6 heteroatoms. The molecule has 0 radical (unpaired) electrons. The van der Waals surface area contributed by atoms with Gasteiger partial charge in [0.1, 0.15) is 5.82 Å². The number of carbonyl (C=O) groups excluding carboxylic acids is 1. The molecule has 1 aromatic heterocycles. The molecule has 1 aromatic carbocycles. The zero-order valence-corrected chi connectivity index (χ0v) is 11.4. The summed E-state index contributed by atoms with van der Waals surface area (Å²) in [6, 6.07) is 7.25. The zero-order valence-electron chi connectivity index (χ0n) is 9.86. The van der Waals surface area contributed by atoms with Crippen LogP contribution < -0.4 is 11.1 Å². The summed E-state index contributed by atoms with van der Waals surface area (Å²) < 4.78 is 13.7. The van der Waals surface area contributed by atoms with E-state index in [1.165, 1.54) is 24.4 Å². The highest BCUT2D eigenvalue weighted by Crippen LogP contribution is 2.23. The Labute approximate surface area is 118 Å². The Morgan fingerprint density at radius 3 is 2.89 bits per heavy atom. The summed E-state index contributed by atoms with van der Waals surface area (Å²) in [5.41, 5.74) is 6.87. The molecule has 2 rings (SSSR count). The summed E-state index contributed by atoms with van der Waals surface area (Å²) in [7, 11) is 0. The second-order valence-corrected chi connectivity index (χ2v) is 4.67. The average molecular weight is 324 g/mol. The molecule has 3 N–H and O–H groups in total. The molecule has 1 heterocycles. The van der Waals surface area contributed by atoms with Gasteiger partial charge in [-0.1, -0.05) is 0 Å². The van der Waals surface area contributed by atoms with Crippen LogP contribution in [0.15, 0.2) is 41.0 Å². The molecule has 0 unspecified atom stereocenters. The lowest BCUT2D eigenvalue weighted by molar-refractivity contribution is 0.102. The lowest BCUT2D eigenvalue weighted by Gasteiger charge is -2.08. The summed E-state index contributed by atoms with van der Waals surface area (Å²) in [4.78, 5) is 16.0. The summed E-state index contributed by atoms with van der Waals surface area (Å²) in [6.07, 6.45) is 1.51. The third kappa shape index (κ3) is 3.36. The lowest BCUT2D eigenvalue weighted by Crippen LogP contribution is -2.13. The van der Waals surface area contributed by atoms with Gasteiger partial charge in [-0.05, 0) is 46.3 Å². The van der Waals surface area contributed by atoms with Crippen LogP contribution in [0.5, 0.6) is 0 Å². The minimum absolute atomic E-state index is 0.255. The van der Waals surface area contributed by atoms with Crippen LogP contribution in [0.4, 0.5) is 10.1 Å². The molecule has 0 fully saturated rings. The second-order valence-electron chi connectivity index (χ2n) is 3.82. The number of hydrogen-bond acceptors (Lipinski definition) is 3. The van der Waals surface area contributed by atoms with E-state index in [0.29, 0.717) is 21.4 Å². The van der Waals surface area contributed by atoms with Gasteiger partial charge in [-0.3, -0.25) is 9.78 Å². The topological polar surface area (TPSA) is 68.0 Å². The number of nitrogens with one attached hydrogen (secondary N) is 1. The number of nitrogens with two attached hydrogens (primary N) is 1. The van der Waals surface area contributed by atoms with E-state index >= 15 is 0 Å². The first-order chi connectivity index (χ1) is 9.10. The molecule has 4 nitrogen and oxygen atoms in total. The van der Waals surface area contributed by atoms with Crippen molar-refractivity contribution in [1.82, 2.24) is 4.98 Å². The van der Waals surface area contributed by atoms with Crippen molar-refractivity contribution in [2.75, 3.05) is 5.32 Å². The Morgan fingerprint density at radius 1 is 1.37 bits per heavy atom. The van der Waals surface area contributed by atoms with Crippen LogP contribution in [0.2, 0.25) is 0 Å². The lowest BCUT2D eigenvalue weighted by atomic mass is 10.2. The van der Waals surface area contributed by atoms with E-state index in [1.54, 1.807) is 12.1 Å². The van der Waals surface area contributed by atoms with Gasteiger partial charge in [0, 0.05) is 22.8 Å². The van der Waals surface area contributed by atoms with E-state index < -0.39 is 5.82 Å². The van der Waals surface area contributed by atoms with Crippen molar-refractivity contribution >= 4 is 27.5 Å². The highest BCUT2D eigenvalue weighted by Gasteiger charge is 2.09. The number of amides is 1. The first kappa shape index (κ1) is 13.6. The second kappa shape index (κ2) is 5.90. The molecular formula is C13H11BrFN3O. The van der Waals surface area contributed by atoms with E-state index in [2.05, 4.69) is 26.2 Å². The van der Waals surface area contributed by atoms with Crippen LogP contribution in [0.25, 0.3) is 0 Å². The third-order valence-corrected chi connectivity index (χ3v) is 3.16. The maximum Gasteiger partial charge on any atom is 0.255 e. The standard InChI is InChI=1S/C13H11BrFN3O/c14-11-2-1-9(15)6-12(11)18-13(19)8-3-4-17-10(5-8)7-16/h1-6H,7,16H2,(H,18,19). The van der Waals surface area contributed by atoms with Crippen molar-refractivity contribution in [3.8, 4) is 0 Å². The number of pyridine rings is 1. The van der Waals surface area contributed by atoms with Crippen molar-refractivity contribution in [3.05, 3.63) is 58.1 Å². The highest BCUT2D eigenvalue weighted by atomic mass is 79.9. The molecule has 0 bridgehead atoms. The van der Waals surface area contributed by atoms with Crippen LogP contribution in [-0.2, 0) is 6.54 Å². The molecule has 2 aromatic rings. The van der Waals surface area contributed by atoms with Gasteiger partial charge in [0.15, 0.2) is 0 Å². The normalized spacial score (nSPS) is 10.3. The predicted molar refractivity (Wildman–Crippen MR) is 74.2 cm³/mol. The Kier molecular flexibility index (Phi) is 4.24. The van der Waals surface area contributed by atoms with Gasteiger partial charge >= 0.3 is 0 Å². The van der Waals surface area contributed by atoms with Crippen molar-refractivity contribution in [1.29, 1.82) is 0 Å². The molecule has 0 aliphatic carbocycles. The maximum absolute atomic E-state index is 13.1. The van der Waals surface area contributed by atoms with Crippen LogP contribution in [0, 0.1) is 5.82 Å². The molecule has 0 aliphatic rings. The third-order valence-electron chi connectivity index (χ3n) is 2.46. The van der Waals surface area contributed by atoms with Crippen LogP contribution in [0.1, 0.15) is 16.1 Å². The Balaban J connectivity index is 2.22.